The molecule has 0 aliphatic carbocycles. The highest BCUT2D eigenvalue weighted by atomic mass is 32.2. The molecule has 0 radical (unpaired) electrons. The van der Waals surface area contributed by atoms with E-state index in [2.05, 4.69) is 25.8 Å². The molecule has 23 heavy (non-hydrogen) atoms. The lowest BCUT2D eigenvalue weighted by Crippen LogP contribution is -2.14. The lowest BCUT2D eigenvalue weighted by atomic mass is 10.4. The van der Waals surface area contributed by atoms with E-state index in [1.165, 1.54) is 0 Å². The summed E-state index contributed by atoms with van der Waals surface area (Å²) in [6.45, 7) is 4.50. The first kappa shape index (κ1) is 15.3. The minimum absolute atomic E-state index is 0.127. The molecule has 0 fully saturated rings. The maximum Gasteiger partial charge on any atom is 0.277 e. The van der Waals surface area contributed by atoms with Gasteiger partial charge in [0.2, 0.25) is 5.91 Å². The highest BCUT2D eigenvalue weighted by Crippen LogP contribution is 2.22. The third-order valence-corrected chi connectivity index (χ3v) is 3.65. The van der Waals surface area contributed by atoms with Gasteiger partial charge in [0.15, 0.2) is 5.82 Å². The summed E-state index contributed by atoms with van der Waals surface area (Å²) < 4.78 is 12.1. The van der Waals surface area contributed by atoms with Crippen LogP contribution in [0.5, 0.6) is 0 Å². The second-order valence-corrected chi connectivity index (χ2v) is 5.54. The second kappa shape index (κ2) is 6.65. The van der Waals surface area contributed by atoms with Gasteiger partial charge < -0.3 is 14.3 Å². The van der Waals surface area contributed by atoms with E-state index in [0.717, 1.165) is 23.9 Å². The van der Waals surface area contributed by atoms with Crippen molar-refractivity contribution in [3.05, 3.63) is 24.2 Å². The first-order chi connectivity index (χ1) is 11.1. The Morgan fingerprint density at radius 3 is 3.00 bits per heavy atom. The highest BCUT2D eigenvalue weighted by molar-refractivity contribution is 7.99. The first-order valence-corrected chi connectivity index (χ1v) is 7.85. The third-order valence-electron chi connectivity index (χ3n) is 2.83. The summed E-state index contributed by atoms with van der Waals surface area (Å²) in [4.78, 5) is 11.8. The quantitative estimate of drug-likeness (QED) is 0.681. The van der Waals surface area contributed by atoms with Gasteiger partial charge in [-0.25, -0.2) is 0 Å². The van der Waals surface area contributed by atoms with Crippen LogP contribution in [-0.4, -0.2) is 36.8 Å². The molecule has 0 aromatic carbocycles. The van der Waals surface area contributed by atoms with Crippen molar-refractivity contribution in [1.82, 2.24) is 25.1 Å². The molecule has 3 rings (SSSR count). The fraction of sp³-hybridized carbons (Fsp3) is 0.308. The largest absolute Gasteiger partial charge is 0.411 e. The average molecular weight is 334 g/mol. The molecule has 0 saturated carbocycles. The number of carbonyl (C=O) groups excluding carboxylic acids is 1. The Morgan fingerprint density at radius 1 is 1.43 bits per heavy atom. The molecule has 0 saturated heterocycles. The molecule has 9 nitrogen and oxygen atoms in total. The number of aryl methyl sites for hydroxylation is 2. The Kier molecular flexibility index (Phi) is 4.42. The van der Waals surface area contributed by atoms with Crippen LogP contribution in [0.1, 0.15) is 12.7 Å². The average Bonchev–Trinajstić information content (AvgIpc) is 3.25. The minimum Gasteiger partial charge on any atom is -0.411 e. The van der Waals surface area contributed by atoms with Gasteiger partial charge in [-0.2, -0.15) is 5.10 Å². The molecule has 0 unspecified atom stereocenters. The molecule has 0 aliphatic heterocycles. The van der Waals surface area contributed by atoms with Gasteiger partial charge in [0.1, 0.15) is 5.76 Å². The number of hydrogen-bond acceptors (Lipinski definition) is 8. The van der Waals surface area contributed by atoms with Crippen molar-refractivity contribution < 1.29 is 13.7 Å². The summed E-state index contributed by atoms with van der Waals surface area (Å²) in [7, 11) is 0. The number of nitrogens with zero attached hydrogens (tertiary/aromatic N) is 5. The molecule has 3 heterocycles. The van der Waals surface area contributed by atoms with Crippen LogP contribution in [0, 0.1) is 6.92 Å². The van der Waals surface area contributed by atoms with Gasteiger partial charge in [0.25, 0.3) is 11.1 Å². The number of nitrogens with one attached hydrogen (secondary N) is 1. The van der Waals surface area contributed by atoms with E-state index in [4.69, 9.17) is 8.94 Å². The van der Waals surface area contributed by atoms with Crippen molar-refractivity contribution in [2.24, 2.45) is 0 Å². The zero-order valence-electron chi connectivity index (χ0n) is 12.5. The molecule has 10 heteroatoms. The molecular weight excluding hydrogens is 320 g/mol. The first-order valence-electron chi connectivity index (χ1n) is 6.86. The van der Waals surface area contributed by atoms with Crippen molar-refractivity contribution in [3.63, 3.8) is 0 Å². The maximum atomic E-state index is 11.8. The number of amides is 1. The lowest BCUT2D eigenvalue weighted by molar-refractivity contribution is -0.113. The van der Waals surface area contributed by atoms with E-state index in [-0.39, 0.29) is 11.7 Å². The Hall–Kier alpha value is -2.62. The number of anilines is 1. The molecule has 3 aromatic heterocycles. The summed E-state index contributed by atoms with van der Waals surface area (Å²) >= 11 is 1.14. The number of aromatic nitrogens is 5. The van der Waals surface area contributed by atoms with E-state index in [1.807, 2.05) is 13.1 Å². The molecule has 3 aromatic rings. The normalized spacial score (nSPS) is 10.9. The zero-order chi connectivity index (χ0) is 16.2. The Balaban J connectivity index is 1.55. The van der Waals surface area contributed by atoms with Crippen LogP contribution in [0.15, 0.2) is 32.6 Å². The van der Waals surface area contributed by atoms with Crippen LogP contribution < -0.4 is 5.32 Å². The summed E-state index contributed by atoms with van der Waals surface area (Å²) in [5.74, 6) is 1.27. The van der Waals surface area contributed by atoms with Gasteiger partial charge in [-0.05, 0) is 13.8 Å². The number of thioether (sulfide) groups is 1. The zero-order valence-corrected chi connectivity index (χ0v) is 13.3. The van der Waals surface area contributed by atoms with Gasteiger partial charge in [0.05, 0.1) is 17.5 Å². The molecule has 120 valence electrons. The van der Waals surface area contributed by atoms with E-state index < -0.39 is 0 Å². The second-order valence-electron chi connectivity index (χ2n) is 4.62. The minimum atomic E-state index is -0.234. The predicted octanol–water partition coefficient (Wildman–Crippen LogP) is 1.98. The molecule has 1 amide bonds. The van der Waals surface area contributed by atoms with E-state index in [1.54, 1.807) is 23.9 Å². The van der Waals surface area contributed by atoms with Gasteiger partial charge in [-0.1, -0.05) is 16.9 Å². The summed E-state index contributed by atoms with van der Waals surface area (Å²) in [5, 5.41) is 18.6. The lowest BCUT2D eigenvalue weighted by Gasteiger charge is -1.97. The monoisotopic (exact) mass is 334 g/mol. The summed E-state index contributed by atoms with van der Waals surface area (Å²) in [6, 6.07) is 1.64. The SMILES string of the molecule is CCn1cc(-c2nnc(SCC(=O)Nc3cc(C)on3)o2)cn1. The maximum absolute atomic E-state index is 11.8. The Morgan fingerprint density at radius 2 is 2.30 bits per heavy atom. The molecule has 0 bridgehead atoms. The van der Waals surface area contributed by atoms with Gasteiger partial charge >= 0.3 is 0 Å². The molecular formula is C13H14N6O3S. The smallest absolute Gasteiger partial charge is 0.277 e. The Labute approximate surface area is 135 Å². The van der Waals surface area contributed by atoms with E-state index in [9.17, 15) is 4.79 Å². The fourth-order valence-electron chi connectivity index (χ4n) is 1.76. The standard InChI is InChI=1S/C13H14N6O3S/c1-3-19-6-9(5-14-19)12-16-17-13(21-12)23-7-11(20)15-10-4-8(2)22-18-10/h4-6H,3,7H2,1-2H3,(H,15,18,20). The predicted molar refractivity (Wildman–Crippen MR) is 81.8 cm³/mol. The van der Waals surface area contributed by atoms with Gasteiger partial charge in [0, 0.05) is 18.8 Å². The molecule has 0 spiro atoms. The molecule has 0 atom stereocenters. The fourth-order valence-corrected chi connectivity index (χ4v) is 2.33. The van der Waals surface area contributed by atoms with Crippen molar-refractivity contribution in [1.29, 1.82) is 0 Å². The number of carbonyl (C=O) groups is 1. The van der Waals surface area contributed by atoms with Crippen molar-refractivity contribution >= 4 is 23.5 Å². The number of rotatable bonds is 6. The van der Waals surface area contributed by atoms with E-state index >= 15 is 0 Å². The van der Waals surface area contributed by atoms with Crippen LogP contribution in [0.3, 0.4) is 0 Å². The van der Waals surface area contributed by atoms with Crippen LogP contribution in [0.4, 0.5) is 5.82 Å². The van der Waals surface area contributed by atoms with Gasteiger partial charge in [-0.3, -0.25) is 9.48 Å². The number of hydrogen-bond donors (Lipinski definition) is 1. The van der Waals surface area contributed by atoms with Crippen molar-refractivity contribution in [2.45, 2.75) is 25.6 Å². The van der Waals surface area contributed by atoms with Crippen LogP contribution >= 0.6 is 11.8 Å². The Bertz CT molecular complexity index is 808. The summed E-state index contributed by atoms with van der Waals surface area (Å²) in [6.07, 6.45) is 3.48. The van der Waals surface area contributed by atoms with Crippen molar-refractivity contribution in [2.75, 3.05) is 11.1 Å². The topological polar surface area (TPSA) is 112 Å². The van der Waals surface area contributed by atoms with Crippen LogP contribution in [-0.2, 0) is 11.3 Å². The van der Waals surface area contributed by atoms with Crippen molar-refractivity contribution in [3.8, 4) is 11.5 Å². The summed E-state index contributed by atoms with van der Waals surface area (Å²) in [5.41, 5.74) is 0.744. The third kappa shape index (κ3) is 3.77. The van der Waals surface area contributed by atoms with Gasteiger partial charge in [-0.15, -0.1) is 10.2 Å². The van der Waals surface area contributed by atoms with Crippen LogP contribution in [0.2, 0.25) is 0 Å². The highest BCUT2D eigenvalue weighted by Gasteiger charge is 2.13. The molecule has 1 N–H and O–H groups in total. The van der Waals surface area contributed by atoms with Crippen LogP contribution in [0.25, 0.3) is 11.5 Å². The van der Waals surface area contributed by atoms with E-state index in [0.29, 0.717) is 22.7 Å². The molecule has 0 aliphatic rings.